The minimum absolute atomic E-state index is 0.203. The summed E-state index contributed by atoms with van der Waals surface area (Å²) in [6.45, 7) is 2.22. The van der Waals surface area contributed by atoms with E-state index in [2.05, 4.69) is 9.97 Å². The second-order valence-corrected chi connectivity index (χ2v) is 5.87. The molecule has 7 nitrogen and oxygen atoms in total. The van der Waals surface area contributed by atoms with Crippen molar-refractivity contribution < 1.29 is 14.3 Å². The van der Waals surface area contributed by atoms with Gasteiger partial charge in [0, 0.05) is 18.0 Å². The van der Waals surface area contributed by atoms with E-state index < -0.39 is 12.0 Å². The molecule has 1 aliphatic heterocycles. The van der Waals surface area contributed by atoms with Crippen LogP contribution in [-0.2, 0) is 4.79 Å². The SMILES string of the molecule is Cc1nc(N2C[C@@H](N)C[C@H]2C(=O)O)c2oc3ccccc3c2n1. The molecule has 3 aromatic rings. The lowest BCUT2D eigenvalue weighted by atomic mass is 10.2. The number of benzene rings is 1. The van der Waals surface area contributed by atoms with E-state index in [4.69, 9.17) is 10.2 Å². The lowest BCUT2D eigenvalue weighted by Crippen LogP contribution is -2.37. The normalized spacial score (nSPS) is 21.4. The Morgan fingerprint density at radius 2 is 2.17 bits per heavy atom. The van der Waals surface area contributed by atoms with Gasteiger partial charge in [-0.3, -0.25) is 0 Å². The van der Waals surface area contributed by atoms with Crippen LogP contribution < -0.4 is 10.6 Å². The number of aliphatic carboxylic acids is 1. The molecule has 23 heavy (non-hydrogen) atoms. The summed E-state index contributed by atoms with van der Waals surface area (Å²) in [5.41, 5.74) is 7.89. The van der Waals surface area contributed by atoms with Gasteiger partial charge in [-0.05, 0) is 25.5 Å². The van der Waals surface area contributed by atoms with Gasteiger partial charge >= 0.3 is 5.97 Å². The fraction of sp³-hybridized carbons (Fsp3) is 0.312. The number of aryl methyl sites for hydroxylation is 1. The molecule has 0 unspecified atom stereocenters. The zero-order valence-electron chi connectivity index (χ0n) is 12.6. The summed E-state index contributed by atoms with van der Waals surface area (Å²) >= 11 is 0. The van der Waals surface area contributed by atoms with Crippen molar-refractivity contribution >= 4 is 33.9 Å². The second-order valence-electron chi connectivity index (χ2n) is 5.87. The fourth-order valence-electron chi connectivity index (χ4n) is 3.22. The number of furan rings is 1. The van der Waals surface area contributed by atoms with Crippen LogP contribution in [0, 0.1) is 6.92 Å². The molecular weight excluding hydrogens is 296 g/mol. The molecular formula is C16H16N4O3. The minimum Gasteiger partial charge on any atom is -0.480 e. The number of hydrogen-bond donors (Lipinski definition) is 2. The van der Waals surface area contributed by atoms with Gasteiger partial charge in [0.2, 0.25) is 0 Å². The molecule has 3 N–H and O–H groups in total. The Kier molecular flexibility index (Phi) is 2.99. The molecule has 1 saturated heterocycles. The first-order valence-corrected chi connectivity index (χ1v) is 7.45. The first kappa shape index (κ1) is 14.0. The first-order valence-electron chi connectivity index (χ1n) is 7.45. The molecule has 0 spiro atoms. The van der Waals surface area contributed by atoms with Gasteiger partial charge in [-0.1, -0.05) is 12.1 Å². The third kappa shape index (κ3) is 2.12. The van der Waals surface area contributed by atoms with Crippen LogP contribution in [0.4, 0.5) is 5.82 Å². The molecule has 118 valence electrons. The summed E-state index contributed by atoms with van der Waals surface area (Å²) < 4.78 is 5.91. The van der Waals surface area contributed by atoms with Crippen LogP contribution in [0.5, 0.6) is 0 Å². The van der Waals surface area contributed by atoms with Crippen molar-refractivity contribution in [1.82, 2.24) is 9.97 Å². The summed E-state index contributed by atoms with van der Waals surface area (Å²) in [5, 5.41) is 10.4. The van der Waals surface area contributed by atoms with Crippen LogP contribution in [0.2, 0.25) is 0 Å². The van der Waals surface area contributed by atoms with Gasteiger partial charge < -0.3 is 20.2 Å². The number of rotatable bonds is 2. The van der Waals surface area contributed by atoms with Crippen molar-refractivity contribution in [1.29, 1.82) is 0 Å². The Bertz CT molecular complexity index is 920. The van der Waals surface area contributed by atoms with Crippen LogP contribution >= 0.6 is 0 Å². The maximum atomic E-state index is 11.6. The van der Waals surface area contributed by atoms with Crippen molar-refractivity contribution in [2.45, 2.75) is 25.4 Å². The maximum absolute atomic E-state index is 11.6. The number of hydrogen-bond acceptors (Lipinski definition) is 6. The van der Waals surface area contributed by atoms with Crippen molar-refractivity contribution in [3.05, 3.63) is 30.1 Å². The number of fused-ring (bicyclic) bond motifs is 3. The zero-order valence-corrected chi connectivity index (χ0v) is 12.6. The minimum atomic E-state index is -0.904. The van der Waals surface area contributed by atoms with Crippen LogP contribution in [0.15, 0.2) is 28.7 Å². The van der Waals surface area contributed by atoms with E-state index in [0.717, 1.165) is 5.39 Å². The Hall–Kier alpha value is -2.67. The largest absolute Gasteiger partial charge is 0.480 e. The van der Waals surface area contributed by atoms with Crippen LogP contribution in [0.3, 0.4) is 0 Å². The van der Waals surface area contributed by atoms with E-state index in [1.165, 1.54) is 0 Å². The van der Waals surface area contributed by atoms with Gasteiger partial charge in [-0.15, -0.1) is 0 Å². The smallest absolute Gasteiger partial charge is 0.326 e. The number of nitrogens with two attached hydrogens (primary N) is 1. The topological polar surface area (TPSA) is 105 Å². The molecule has 2 atom stereocenters. The van der Waals surface area contributed by atoms with Gasteiger partial charge in [0.1, 0.15) is 23.0 Å². The molecule has 0 aliphatic carbocycles. The predicted molar refractivity (Wildman–Crippen MR) is 85.4 cm³/mol. The maximum Gasteiger partial charge on any atom is 0.326 e. The van der Waals surface area contributed by atoms with Gasteiger partial charge in [-0.25, -0.2) is 14.8 Å². The van der Waals surface area contributed by atoms with Gasteiger partial charge in [-0.2, -0.15) is 0 Å². The summed E-state index contributed by atoms with van der Waals surface area (Å²) in [6, 6.07) is 6.69. The van der Waals surface area contributed by atoms with Crippen molar-refractivity contribution in [3.63, 3.8) is 0 Å². The summed E-state index contributed by atoms with van der Waals surface area (Å²) in [7, 11) is 0. The average Bonchev–Trinajstić information content (AvgIpc) is 3.07. The molecule has 0 amide bonds. The Morgan fingerprint density at radius 3 is 2.96 bits per heavy atom. The quantitative estimate of drug-likeness (QED) is 0.741. The summed E-state index contributed by atoms with van der Waals surface area (Å²) in [6.07, 6.45) is 0.389. The lowest BCUT2D eigenvalue weighted by Gasteiger charge is -2.22. The first-order chi connectivity index (χ1) is 11.0. The lowest BCUT2D eigenvalue weighted by molar-refractivity contribution is -0.138. The highest BCUT2D eigenvalue weighted by Crippen LogP contribution is 2.35. The number of carboxylic acid groups (broad SMARTS) is 1. The number of carboxylic acids is 1. The molecule has 3 heterocycles. The van der Waals surface area contributed by atoms with Gasteiger partial charge in [0.05, 0.1) is 0 Å². The molecule has 0 radical (unpaired) electrons. The van der Waals surface area contributed by atoms with E-state index >= 15 is 0 Å². The van der Waals surface area contributed by atoms with E-state index in [1.54, 1.807) is 11.8 Å². The predicted octanol–water partition coefficient (Wildman–Crippen LogP) is 1.68. The van der Waals surface area contributed by atoms with E-state index in [-0.39, 0.29) is 6.04 Å². The van der Waals surface area contributed by atoms with E-state index in [0.29, 0.717) is 41.3 Å². The third-order valence-electron chi connectivity index (χ3n) is 4.20. The number of anilines is 1. The Labute approximate surface area is 131 Å². The number of nitrogens with zero attached hydrogens (tertiary/aromatic N) is 3. The average molecular weight is 312 g/mol. The number of carbonyl (C=O) groups is 1. The molecule has 0 saturated carbocycles. The molecule has 4 rings (SSSR count). The Morgan fingerprint density at radius 1 is 1.39 bits per heavy atom. The highest BCUT2D eigenvalue weighted by molar-refractivity contribution is 6.06. The van der Waals surface area contributed by atoms with Crippen molar-refractivity contribution in [2.24, 2.45) is 5.73 Å². The van der Waals surface area contributed by atoms with Crippen LogP contribution in [0.1, 0.15) is 12.2 Å². The molecule has 1 aromatic carbocycles. The van der Waals surface area contributed by atoms with Gasteiger partial charge in [0.25, 0.3) is 0 Å². The highest BCUT2D eigenvalue weighted by atomic mass is 16.4. The molecule has 1 aliphatic rings. The Balaban J connectivity index is 1.97. The van der Waals surface area contributed by atoms with Gasteiger partial charge in [0.15, 0.2) is 11.4 Å². The molecule has 1 fully saturated rings. The number of para-hydroxylation sites is 1. The third-order valence-corrected chi connectivity index (χ3v) is 4.20. The summed E-state index contributed by atoms with van der Waals surface area (Å²) in [4.78, 5) is 22.2. The van der Waals surface area contributed by atoms with E-state index in [1.807, 2.05) is 24.3 Å². The number of aromatic nitrogens is 2. The second kappa shape index (κ2) is 4.92. The van der Waals surface area contributed by atoms with E-state index in [9.17, 15) is 9.90 Å². The molecule has 7 heteroatoms. The fourth-order valence-corrected chi connectivity index (χ4v) is 3.22. The van der Waals surface area contributed by atoms with Crippen molar-refractivity contribution in [2.75, 3.05) is 11.4 Å². The monoisotopic (exact) mass is 312 g/mol. The molecule has 2 aromatic heterocycles. The zero-order chi connectivity index (χ0) is 16.1. The summed E-state index contributed by atoms with van der Waals surface area (Å²) in [5.74, 6) is 0.172. The highest BCUT2D eigenvalue weighted by Gasteiger charge is 2.37. The van der Waals surface area contributed by atoms with Crippen LogP contribution in [-0.4, -0.2) is 39.7 Å². The van der Waals surface area contributed by atoms with Crippen LogP contribution in [0.25, 0.3) is 22.1 Å². The van der Waals surface area contributed by atoms with Crippen molar-refractivity contribution in [3.8, 4) is 0 Å². The standard InChI is InChI=1S/C16H16N4O3/c1-8-18-13-10-4-2-3-5-12(10)23-14(13)15(19-8)20-7-9(17)6-11(20)16(21)22/h2-5,9,11H,6-7,17H2,1H3,(H,21,22)/t9-,11-/m0/s1. The molecule has 0 bridgehead atoms.